The SMILES string of the molecule is CNC(=O)C(C=N)=C(O)c1ccc2c(c1C)C(C)(C)CS2(=O)=O. The Labute approximate surface area is 135 Å². The summed E-state index contributed by atoms with van der Waals surface area (Å²) in [5.74, 6) is -0.902. The third kappa shape index (κ3) is 2.65. The van der Waals surface area contributed by atoms with Crippen LogP contribution in [0.3, 0.4) is 0 Å². The highest BCUT2D eigenvalue weighted by molar-refractivity contribution is 7.91. The van der Waals surface area contributed by atoms with E-state index in [1.165, 1.54) is 19.2 Å². The molecule has 1 aromatic rings. The van der Waals surface area contributed by atoms with Crippen molar-refractivity contribution in [2.45, 2.75) is 31.1 Å². The summed E-state index contributed by atoms with van der Waals surface area (Å²) in [4.78, 5) is 12.0. The van der Waals surface area contributed by atoms with Gasteiger partial charge in [-0.25, -0.2) is 8.42 Å². The second-order valence-corrected chi connectivity index (χ2v) is 8.20. The Morgan fingerprint density at radius 3 is 2.52 bits per heavy atom. The maximum Gasteiger partial charge on any atom is 0.256 e. The first-order valence-electron chi connectivity index (χ1n) is 7.10. The molecule has 1 heterocycles. The van der Waals surface area contributed by atoms with Crippen LogP contribution in [0.25, 0.3) is 5.76 Å². The zero-order valence-corrected chi connectivity index (χ0v) is 14.3. The van der Waals surface area contributed by atoms with Crippen molar-refractivity contribution in [2.75, 3.05) is 12.8 Å². The van der Waals surface area contributed by atoms with E-state index in [9.17, 15) is 18.3 Å². The van der Waals surface area contributed by atoms with Crippen LogP contribution in [0.1, 0.15) is 30.5 Å². The van der Waals surface area contributed by atoms with E-state index in [1.807, 2.05) is 13.8 Å². The molecule has 1 aliphatic heterocycles. The first-order chi connectivity index (χ1) is 10.6. The summed E-state index contributed by atoms with van der Waals surface area (Å²) >= 11 is 0. The molecule has 0 saturated heterocycles. The van der Waals surface area contributed by atoms with Gasteiger partial charge in [0, 0.05) is 24.2 Å². The zero-order valence-electron chi connectivity index (χ0n) is 13.5. The largest absolute Gasteiger partial charge is 0.506 e. The Morgan fingerprint density at radius 1 is 1.39 bits per heavy atom. The maximum atomic E-state index is 12.3. The summed E-state index contributed by atoms with van der Waals surface area (Å²) in [6, 6.07) is 2.94. The number of amides is 1. The summed E-state index contributed by atoms with van der Waals surface area (Å²) in [5, 5.41) is 20.1. The molecular weight excluding hydrogens is 316 g/mol. The average Bonchev–Trinajstić information content (AvgIpc) is 2.64. The lowest BCUT2D eigenvalue weighted by Crippen LogP contribution is -2.22. The quantitative estimate of drug-likeness (QED) is 0.444. The topological polar surface area (TPSA) is 107 Å². The molecule has 23 heavy (non-hydrogen) atoms. The van der Waals surface area contributed by atoms with Crippen LogP contribution in [-0.4, -0.2) is 38.4 Å². The van der Waals surface area contributed by atoms with Gasteiger partial charge in [0.1, 0.15) is 5.76 Å². The minimum absolute atomic E-state index is 0.0109. The lowest BCUT2D eigenvalue weighted by molar-refractivity contribution is -0.116. The number of sulfone groups is 1. The molecule has 2 rings (SSSR count). The van der Waals surface area contributed by atoms with Crippen molar-refractivity contribution in [3.8, 4) is 0 Å². The Hall–Kier alpha value is -2.15. The maximum absolute atomic E-state index is 12.3. The lowest BCUT2D eigenvalue weighted by Gasteiger charge is -2.21. The highest BCUT2D eigenvalue weighted by Gasteiger charge is 2.42. The molecule has 0 atom stereocenters. The Morgan fingerprint density at radius 2 is 2.00 bits per heavy atom. The first-order valence-corrected chi connectivity index (χ1v) is 8.75. The van der Waals surface area contributed by atoms with Crippen LogP contribution in [-0.2, 0) is 20.0 Å². The van der Waals surface area contributed by atoms with Gasteiger partial charge in [-0.1, -0.05) is 13.8 Å². The van der Waals surface area contributed by atoms with Crippen LogP contribution < -0.4 is 5.32 Å². The van der Waals surface area contributed by atoms with Crippen LogP contribution in [0.4, 0.5) is 0 Å². The van der Waals surface area contributed by atoms with Crippen LogP contribution in [0.2, 0.25) is 0 Å². The van der Waals surface area contributed by atoms with E-state index in [4.69, 9.17) is 5.41 Å². The molecule has 0 saturated carbocycles. The van der Waals surface area contributed by atoms with Gasteiger partial charge in [-0.05, 0) is 30.2 Å². The molecule has 0 unspecified atom stereocenters. The number of rotatable bonds is 3. The van der Waals surface area contributed by atoms with Crippen molar-refractivity contribution in [1.29, 1.82) is 5.41 Å². The van der Waals surface area contributed by atoms with Gasteiger partial charge in [-0.2, -0.15) is 0 Å². The molecule has 0 radical (unpaired) electrons. The predicted octanol–water partition coefficient (Wildman–Crippen LogP) is 1.72. The van der Waals surface area contributed by atoms with E-state index in [-0.39, 0.29) is 22.0 Å². The highest BCUT2D eigenvalue weighted by atomic mass is 32.2. The molecule has 1 amide bonds. The van der Waals surface area contributed by atoms with E-state index < -0.39 is 21.2 Å². The van der Waals surface area contributed by atoms with Gasteiger partial charge in [-0.3, -0.25) is 4.79 Å². The van der Waals surface area contributed by atoms with Crippen molar-refractivity contribution in [3.05, 3.63) is 34.4 Å². The number of fused-ring (bicyclic) bond motifs is 1. The molecule has 0 aliphatic carbocycles. The smallest absolute Gasteiger partial charge is 0.256 e. The minimum atomic E-state index is -3.35. The molecule has 124 valence electrons. The minimum Gasteiger partial charge on any atom is -0.506 e. The Balaban J connectivity index is 2.78. The van der Waals surface area contributed by atoms with Crippen LogP contribution in [0, 0.1) is 12.3 Å². The number of aliphatic hydroxyl groups is 1. The lowest BCUT2D eigenvalue weighted by atomic mass is 9.82. The number of aliphatic hydroxyl groups excluding tert-OH is 1. The molecule has 0 bridgehead atoms. The number of hydrogen-bond donors (Lipinski definition) is 3. The van der Waals surface area contributed by atoms with Crippen molar-refractivity contribution in [3.63, 3.8) is 0 Å². The molecule has 0 aromatic heterocycles. The number of benzene rings is 1. The monoisotopic (exact) mass is 336 g/mol. The fourth-order valence-electron chi connectivity index (χ4n) is 3.19. The fourth-order valence-corrected chi connectivity index (χ4v) is 5.46. The van der Waals surface area contributed by atoms with E-state index >= 15 is 0 Å². The summed E-state index contributed by atoms with van der Waals surface area (Å²) in [5.41, 5.74) is 0.870. The van der Waals surface area contributed by atoms with Gasteiger partial charge < -0.3 is 15.8 Å². The van der Waals surface area contributed by atoms with E-state index in [1.54, 1.807) is 6.92 Å². The predicted molar refractivity (Wildman–Crippen MR) is 88.7 cm³/mol. The zero-order chi connectivity index (χ0) is 17.6. The molecular formula is C16H20N2O4S. The normalized spacial score (nSPS) is 18.8. The molecule has 0 spiro atoms. The third-order valence-electron chi connectivity index (χ3n) is 4.12. The number of carbonyl (C=O) groups excluding carboxylic acids is 1. The number of likely N-dealkylation sites (N-methyl/N-ethyl adjacent to an activating group) is 1. The summed E-state index contributed by atoms with van der Waals surface area (Å²) in [6.45, 7) is 5.40. The summed E-state index contributed by atoms with van der Waals surface area (Å²) in [6.07, 6.45) is 0.780. The van der Waals surface area contributed by atoms with Crippen molar-refractivity contribution in [1.82, 2.24) is 5.32 Å². The molecule has 3 N–H and O–H groups in total. The van der Waals surface area contributed by atoms with Crippen LogP contribution in [0.5, 0.6) is 0 Å². The fraction of sp³-hybridized carbons (Fsp3) is 0.375. The van der Waals surface area contributed by atoms with Gasteiger partial charge in [0.05, 0.1) is 16.2 Å². The molecule has 6 nitrogen and oxygen atoms in total. The van der Waals surface area contributed by atoms with Gasteiger partial charge in [-0.15, -0.1) is 0 Å². The van der Waals surface area contributed by atoms with E-state index in [0.717, 1.165) is 6.21 Å². The van der Waals surface area contributed by atoms with Crippen molar-refractivity contribution < 1.29 is 18.3 Å². The second-order valence-electron chi connectivity index (χ2n) is 6.24. The van der Waals surface area contributed by atoms with E-state index in [2.05, 4.69) is 5.32 Å². The Bertz CT molecular complexity index is 836. The highest BCUT2D eigenvalue weighted by Crippen LogP contribution is 2.43. The summed E-state index contributed by atoms with van der Waals surface area (Å²) < 4.78 is 24.5. The van der Waals surface area contributed by atoms with Gasteiger partial charge >= 0.3 is 0 Å². The number of hydrogen-bond acceptors (Lipinski definition) is 5. The van der Waals surface area contributed by atoms with Crippen molar-refractivity contribution in [2.24, 2.45) is 0 Å². The number of nitrogens with one attached hydrogen (secondary N) is 2. The number of carbonyl (C=O) groups is 1. The van der Waals surface area contributed by atoms with E-state index in [0.29, 0.717) is 16.7 Å². The molecule has 0 fully saturated rings. The molecule has 1 aromatic carbocycles. The van der Waals surface area contributed by atoms with Gasteiger partial charge in [0.25, 0.3) is 5.91 Å². The molecule has 7 heteroatoms. The second kappa shape index (κ2) is 5.49. The Kier molecular flexibility index (Phi) is 4.11. The van der Waals surface area contributed by atoms with Crippen LogP contribution in [0.15, 0.2) is 22.6 Å². The third-order valence-corrected chi connectivity index (χ3v) is 6.23. The van der Waals surface area contributed by atoms with Gasteiger partial charge in [0.2, 0.25) is 0 Å². The first kappa shape index (κ1) is 17.2. The van der Waals surface area contributed by atoms with Crippen molar-refractivity contribution >= 4 is 27.7 Å². The standard InChI is InChI=1S/C16H20N2O4S/c1-9-10(14(19)11(7-17)15(20)18-4)5-6-12-13(9)16(2,3)8-23(12,21)22/h5-7,17,19H,8H2,1-4H3,(H,18,20). The molecule has 1 aliphatic rings. The van der Waals surface area contributed by atoms with Gasteiger partial charge in [0.15, 0.2) is 9.84 Å². The average molecular weight is 336 g/mol. The summed E-state index contributed by atoms with van der Waals surface area (Å²) in [7, 11) is -1.94. The van der Waals surface area contributed by atoms with Crippen LogP contribution >= 0.6 is 0 Å².